The third-order valence-electron chi connectivity index (χ3n) is 3.23. The number of hydrogen-bond donors (Lipinski definition) is 0. The lowest BCUT2D eigenvalue weighted by molar-refractivity contribution is 0.0600. The predicted octanol–water partition coefficient (Wildman–Crippen LogP) is 3.34. The van der Waals surface area contributed by atoms with E-state index < -0.39 is 0 Å². The average molecular weight is 270 g/mol. The van der Waals surface area contributed by atoms with Crippen LogP contribution in [0.2, 0.25) is 0 Å². The molecule has 20 heavy (non-hydrogen) atoms. The lowest BCUT2D eigenvalue weighted by Gasteiger charge is -2.26. The minimum Gasteiger partial charge on any atom is -0.465 e. The van der Waals surface area contributed by atoms with E-state index in [1.54, 1.807) is 0 Å². The van der Waals surface area contributed by atoms with Crippen LogP contribution in [0.25, 0.3) is 11.1 Å². The number of rotatable bonds is 3. The molecule has 0 fully saturated rings. The summed E-state index contributed by atoms with van der Waals surface area (Å²) in [7, 11) is 7.66. The van der Waals surface area contributed by atoms with Crippen LogP contribution in [0.4, 0.5) is 5.69 Å². The molecule has 0 heterocycles. The Hall–Kier alpha value is -2.13. The molecule has 0 unspecified atom stereocenters. The van der Waals surface area contributed by atoms with Crippen LogP contribution in [-0.4, -0.2) is 34.2 Å². The van der Waals surface area contributed by atoms with Crippen LogP contribution in [0.5, 0.6) is 0 Å². The Morgan fingerprint density at radius 2 is 1.65 bits per heavy atom. The summed E-state index contributed by atoms with van der Waals surface area (Å²) in [6.07, 6.45) is 0. The van der Waals surface area contributed by atoms with Gasteiger partial charge in [-0.3, -0.25) is 4.48 Å². The Balaban J connectivity index is 2.61. The van der Waals surface area contributed by atoms with E-state index in [0.717, 1.165) is 16.8 Å². The first-order chi connectivity index (χ1) is 9.43. The van der Waals surface area contributed by atoms with Gasteiger partial charge in [0.2, 0.25) is 0 Å². The average Bonchev–Trinajstić information content (AvgIpc) is 2.46. The predicted molar refractivity (Wildman–Crippen MR) is 82.8 cm³/mol. The summed E-state index contributed by atoms with van der Waals surface area (Å²) < 4.78 is 5.44. The number of esters is 1. The van der Waals surface area contributed by atoms with Crippen molar-refractivity contribution >= 4 is 11.7 Å². The van der Waals surface area contributed by atoms with Crippen LogP contribution < -0.4 is 4.48 Å². The second-order valence-electron chi connectivity index (χ2n) is 5.60. The number of carbonyl (C=O) groups is 1. The van der Waals surface area contributed by atoms with Crippen molar-refractivity contribution in [1.29, 1.82) is 0 Å². The molecule has 3 heteroatoms. The van der Waals surface area contributed by atoms with Gasteiger partial charge in [0.25, 0.3) is 0 Å². The molecule has 0 saturated carbocycles. The maximum Gasteiger partial charge on any atom is 0.338 e. The first-order valence-corrected chi connectivity index (χ1v) is 6.53. The van der Waals surface area contributed by atoms with E-state index in [1.807, 2.05) is 36.4 Å². The van der Waals surface area contributed by atoms with E-state index in [9.17, 15) is 4.79 Å². The Morgan fingerprint density at radius 3 is 2.20 bits per heavy atom. The van der Waals surface area contributed by atoms with E-state index in [-0.39, 0.29) is 5.97 Å². The van der Waals surface area contributed by atoms with Gasteiger partial charge in [-0.05, 0) is 17.7 Å². The number of carbonyl (C=O) groups excluding carboxylic acids is 1. The molecule has 3 nitrogen and oxygen atoms in total. The summed E-state index contributed by atoms with van der Waals surface area (Å²) in [6, 6.07) is 15.9. The first-order valence-electron chi connectivity index (χ1n) is 6.53. The van der Waals surface area contributed by atoms with Crippen molar-refractivity contribution in [3.63, 3.8) is 0 Å². The molecule has 0 spiro atoms. The molecule has 0 radical (unpaired) electrons. The second-order valence-corrected chi connectivity index (χ2v) is 5.60. The highest BCUT2D eigenvalue weighted by Crippen LogP contribution is 2.33. The second kappa shape index (κ2) is 5.47. The molecular weight excluding hydrogens is 250 g/mol. The Kier molecular flexibility index (Phi) is 3.91. The number of ether oxygens (including phenoxy) is 1. The van der Waals surface area contributed by atoms with Crippen LogP contribution in [0.3, 0.4) is 0 Å². The number of benzene rings is 2. The van der Waals surface area contributed by atoms with Gasteiger partial charge in [-0.25, -0.2) is 4.79 Å². The van der Waals surface area contributed by atoms with Gasteiger partial charge < -0.3 is 4.74 Å². The van der Waals surface area contributed by atoms with Crippen molar-refractivity contribution < 1.29 is 9.53 Å². The Morgan fingerprint density at radius 1 is 1.00 bits per heavy atom. The fraction of sp³-hybridized carbons (Fsp3) is 0.235. The van der Waals surface area contributed by atoms with Crippen molar-refractivity contribution in [3.8, 4) is 11.1 Å². The molecule has 104 valence electrons. The highest BCUT2D eigenvalue weighted by Gasteiger charge is 2.21. The third kappa shape index (κ3) is 2.89. The van der Waals surface area contributed by atoms with Crippen molar-refractivity contribution in [2.45, 2.75) is 0 Å². The van der Waals surface area contributed by atoms with E-state index >= 15 is 0 Å². The molecule has 2 aromatic carbocycles. The molecule has 2 rings (SSSR count). The van der Waals surface area contributed by atoms with Crippen molar-refractivity contribution in [2.75, 3.05) is 28.3 Å². The van der Waals surface area contributed by atoms with Gasteiger partial charge in [-0.15, -0.1) is 0 Å². The zero-order chi connectivity index (χ0) is 14.8. The summed E-state index contributed by atoms with van der Waals surface area (Å²) in [6.45, 7) is 0. The minimum atomic E-state index is -0.306. The molecule has 0 aliphatic rings. The fourth-order valence-corrected chi connectivity index (χ4v) is 2.19. The topological polar surface area (TPSA) is 26.3 Å². The summed E-state index contributed by atoms with van der Waals surface area (Å²) in [5.74, 6) is -0.306. The monoisotopic (exact) mass is 270 g/mol. The van der Waals surface area contributed by atoms with Gasteiger partial charge in [0.05, 0.1) is 33.8 Å². The number of hydrogen-bond acceptors (Lipinski definition) is 2. The molecule has 2 aromatic rings. The molecule has 0 bridgehead atoms. The zero-order valence-electron chi connectivity index (χ0n) is 12.4. The lowest BCUT2D eigenvalue weighted by Crippen LogP contribution is -2.35. The third-order valence-corrected chi connectivity index (χ3v) is 3.23. The number of nitrogens with zero attached hydrogens (tertiary/aromatic N) is 1. The SMILES string of the molecule is COC(=O)c1ccc(-c2ccccc2)c([N+](C)(C)C)c1. The van der Waals surface area contributed by atoms with Crippen LogP contribution >= 0.6 is 0 Å². The maximum absolute atomic E-state index is 11.7. The largest absolute Gasteiger partial charge is 0.465 e. The van der Waals surface area contributed by atoms with E-state index in [2.05, 4.69) is 33.3 Å². The molecule has 0 aliphatic carbocycles. The van der Waals surface area contributed by atoms with Crippen LogP contribution in [-0.2, 0) is 4.74 Å². The smallest absolute Gasteiger partial charge is 0.338 e. The quantitative estimate of drug-likeness (QED) is 0.631. The number of quaternary nitrogens is 1. The van der Waals surface area contributed by atoms with Crippen LogP contribution in [0.15, 0.2) is 48.5 Å². The highest BCUT2D eigenvalue weighted by atomic mass is 16.5. The van der Waals surface area contributed by atoms with Gasteiger partial charge in [0.15, 0.2) is 0 Å². The van der Waals surface area contributed by atoms with Gasteiger partial charge in [-0.1, -0.05) is 30.3 Å². The summed E-state index contributed by atoms with van der Waals surface area (Å²) in [4.78, 5) is 11.7. The summed E-state index contributed by atoms with van der Waals surface area (Å²) in [5.41, 5.74) is 3.94. The van der Waals surface area contributed by atoms with Gasteiger partial charge in [0, 0.05) is 11.6 Å². The van der Waals surface area contributed by atoms with Crippen LogP contribution in [0.1, 0.15) is 10.4 Å². The first kappa shape index (κ1) is 14.3. The molecule has 0 aliphatic heterocycles. The molecule has 0 saturated heterocycles. The van der Waals surface area contributed by atoms with E-state index in [0.29, 0.717) is 10.0 Å². The van der Waals surface area contributed by atoms with Crippen molar-refractivity contribution in [2.24, 2.45) is 0 Å². The zero-order valence-corrected chi connectivity index (χ0v) is 12.4. The Bertz CT molecular complexity index is 613. The van der Waals surface area contributed by atoms with E-state index in [4.69, 9.17) is 4.74 Å². The molecule has 0 aromatic heterocycles. The van der Waals surface area contributed by atoms with Gasteiger partial charge in [0.1, 0.15) is 5.69 Å². The van der Waals surface area contributed by atoms with Crippen LogP contribution in [0, 0.1) is 0 Å². The number of methoxy groups -OCH3 is 1. The van der Waals surface area contributed by atoms with Gasteiger partial charge >= 0.3 is 5.97 Å². The lowest BCUT2D eigenvalue weighted by atomic mass is 10.00. The minimum absolute atomic E-state index is 0.306. The summed E-state index contributed by atoms with van der Waals surface area (Å²) in [5, 5.41) is 0. The Labute approximate surface area is 120 Å². The highest BCUT2D eigenvalue weighted by molar-refractivity contribution is 5.92. The fourth-order valence-electron chi connectivity index (χ4n) is 2.19. The standard InChI is InChI=1S/C17H20NO2/c1-18(2,3)16-12-14(17(19)20-4)10-11-15(16)13-8-6-5-7-9-13/h5-12H,1-4H3/q+1. The van der Waals surface area contributed by atoms with E-state index in [1.165, 1.54) is 7.11 Å². The molecule has 0 amide bonds. The molecule has 0 atom stereocenters. The van der Waals surface area contributed by atoms with Crippen molar-refractivity contribution in [1.82, 2.24) is 4.48 Å². The molecular formula is C17H20NO2+. The van der Waals surface area contributed by atoms with Gasteiger partial charge in [-0.2, -0.15) is 0 Å². The summed E-state index contributed by atoms with van der Waals surface area (Å²) >= 11 is 0. The normalized spacial score (nSPS) is 11.2. The maximum atomic E-state index is 11.7. The van der Waals surface area contributed by atoms with Crippen molar-refractivity contribution in [3.05, 3.63) is 54.1 Å². The molecule has 0 N–H and O–H groups in total.